The normalized spacial score (nSPS) is 10.5. The van der Waals surface area contributed by atoms with Crippen molar-refractivity contribution in [3.05, 3.63) is 48.7 Å². The fourth-order valence-electron chi connectivity index (χ4n) is 3.38. The highest BCUT2D eigenvalue weighted by Gasteiger charge is 2.20. The number of carbonyl (C=O) groups is 1. The fraction of sp³-hybridized carbons (Fsp3) is 0.280. The van der Waals surface area contributed by atoms with Crippen LogP contribution >= 0.6 is 0 Å². The maximum atomic E-state index is 12.4. The Hall–Kier alpha value is -3.94. The zero-order valence-electron chi connectivity index (χ0n) is 19.5. The molecule has 3 rings (SSSR count). The molecule has 1 amide bonds. The molecule has 8 heteroatoms. The predicted molar refractivity (Wildman–Crippen MR) is 126 cm³/mol. The summed E-state index contributed by atoms with van der Waals surface area (Å²) >= 11 is 0. The van der Waals surface area contributed by atoms with Crippen LogP contribution in [0, 0.1) is 0 Å². The van der Waals surface area contributed by atoms with Gasteiger partial charge in [-0.3, -0.25) is 4.79 Å². The molecule has 0 fully saturated rings. The molecule has 0 aliphatic heterocycles. The van der Waals surface area contributed by atoms with Gasteiger partial charge in [-0.15, -0.1) is 6.58 Å². The smallest absolute Gasteiger partial charge is 0.224 e. The standard InChI is InChI=1S/C25H28N2O6/c1-15(2)7-10-23(28)27-19-11-16(8-9-20(19)29-3)18-14-26-33-24(18)17-12-21(30-4)25(32-6)22(13-17)31-5/h8-9,11-14H,1,7,10H2,2-6H3,(H,27,28). The summed E-state index contributed by atoms with van der Waals surface area (Å²) in [6, 6.07) is 9.06. The van der Waals surface area contributed by atoms with Gasteiger partial charge in [0.05, 0.1) is 40.3 Å². The first kappa shape index (κ1) is 23.7. The van der Waals surface area contributed by atoms with Gasteiger partial charge < -0.3 is 28.8 Å². The van der Waals surface area contributed by atoms with Crippen molar-refractivity contribution in [3.8, 4) is 45.4 Å². The molecule has 0 aliphatic carbocycles. The number of benzene rings is 2. The third-order valence-corrected chi connectivity index (χ3v) is 5.06. The maximum absolute atomic E-state index is 12.4. The van der Waals surface area contributed by atoms with Gasteiger partial charge in [-0.25, -0.2) is 0 Å². The number of aromatic nitrogens is 1. The van der Waals surface area contributed by atoms with E-state index in [1.54, 1.807) is 52.8 Å². The van der Waals surface area contributed by atoms with Gasteiger partial charge in [0.25, 0.3) is 0 Å². The number of hydrogen-bond acceptors (Lipinski definition) is 7. The second-order valence-electron chi connectivity index (χ2n) is 7.40. The van der Waals surface area contributed by atoms with Gasteiger partial charge in [0.15, 0.2) is 17.3 Å². The Kier molecular flexibility index (Phi) is 7.61. The average molecular weight is 453 g/mol. The summed E-state index contributed by atoms with van der Waals surface area (Å²) < 4.78 is 27.3. The summed E-state index contributed by atoms with van der Waals surface area (Å²) in [5.41, 5.74) is 3.71. The molecular weight excluding hydrogens is 424 g/mol. The van der Waals surface area contributed by atoms with E-state index in [1.165, 1.54) is 0 Å². The Labute approximate surface area is 193 Å². The molecule has 0 spiro atoms. The lowest BCUT2D eigenvalue weighted by molar-refractivity contribution is -0.116. The summed E-state index contributed by atoms with van der Waals surface area (Å²) in [6.07, 6.45) is 2.57. The van der Waals surface area contributed by atoms with Crippen LogP contribution in [-0.4, -0.2) is 39.5 Å². The van der Waals surface area contributed by atoms with Gasteiger partial charge in [-0.1, -0.05) is 16.8 Å². The summed E-state index contributed by atoms with van der Waals surface area (Å²) in [6.45, 7) is 5.74. The molecule has 0 saturated carbocycles. The summed E-state index contributed by atoms with van der Waals surface area (Å²) in [5, 5.41) is 6.91. The van der Waals surface area contributed by atoms with E-state index in [9.17, 15) is 4.79 Å². The molecule has 0 radical (unpaired) electrons. The summed E-state index contributed by atoms with van der Waals surface area (Å²) in [4.78, 5) is 12.4. The van der Waals surface area contributed by atoms with Gasteiger partial charge in [0.2, 0.25) is 11.7 Å². The Bertz CT molecular complexity index is 1130. The SMILES string of the molecule is C=C(C)CCC(=O)Nc1cc(-c2cnoc2-c2cc(OC)c(OC)c(OC)c2)ccc1OC. The predicted octanol–water partition coefficient (Wildman–Crippen LogP) is 5.34. The van der Waals surface area contributed by atoms with Crippen molar-refractivity contribution in [2.75, 3.05) is 33.8 Å². The lowest BCUT2D eigenvalue weighted by Gasteiger charge is -2.14. The number of nitrogens with zero attached hydrogens (tertiary/aromatic N) is 1. The number of nitrogens with one attached hydrogen (secondary N) is 1. The van der Waals surface area contributed by atoms with Gasteiger partial charge in [-0.2, -0.15) is 0 Å². The molecule has 8 nitrogen and oxygen atoms in total. The second-order valence-corrected chi connectivity index (χ2v) is 7.40. The highest BCUT2D eigenvalue weighted by atomic mass is 16.5. The lowest BCUT2D eigenvalue weighted by atomic mass is 10.0. The summed E-state index contributed by atoms with van der Waals surface area (Å²) in [7, 11) is 6.20. The number of rotatable bonds is 10. The van der Waals surface area contributed by atoms with Crippen LogP contribution in [0.1, 0.15) is 19.8 Å². The Morgan fingerprint density at radius 3 is 2.18 bits per heavy atom. The molecule has 174 valence electrons. The van der Waals surface area contributed by atoms with Gasteiger partial charge in [0, 0.05) is 17.5 Å². The minimum atomic E-state index is -0.122. The molecule has 0 saturated heterocycles. The first-order chi connectivity index (χ1) is 15.9. The minimum absolute atomic E-state index is 0.122. The molecule has 2 aromatic carbocycles. The van der Waals surface area contributed by atoms with Gasteiger partial charge >= 0.3 is 0 Å². The molecular formula is C25H28N2O6. The van der Waals surface area contributed by atoms with Crippen molar-refractivity contribution < 1.29 is 28.3 Å². The van der Waals surface area contributed by atoms with Gasteiger partial charge in [-0.05, 0) is 43.2 Å². The molecule has 0 unspecified atom stereocenters. The first-order valence-corrected chi connectivity index (χ1v) is 10.3. The lowest BCUT2D eigenvalue weighted by Crippen LogP contribution is -2.12. The zero-order chi connectivity index (χ0) is 24.0. The number of ether oxygens (including phenoxy) is 4. The van der Waals surface area contributed by atoms with E-state index < -0.39 is 0 Å². The number of amides is 1. The van der Waals surface area contributed by atoms with Gasteiger partial charge in [0.1, 0.15) is 5.75 Å². The molecule has 0 aliphatic rings. The third-order valence-electron chi connectivity index (χ3n) is 5.06. The molecule has 0 bridgehead atoms. The maximum Gasteiger partial charge on any atom is 0.224 e. The van der Waals surface area contributed by atoms with Crippen LogP contribution in [0.3, 0.4) is 0 Å². The van der Waals surface area contributed by atoms with E-state index in [2.05, 4.69) is 17.1 Å². The second kappa shape index (κ2) is 10.6. The highest BCUT2D eigenvalue weighted by molar-refractivity contribution is 5.94. The number of allylic oxidation sites excluding steroid dienone is 1. The van der Waals surface area contributed by atoms with Crippen LogP contribution < -0.4 is 24.3 Å². The van der Waals surface area contributed by atoms with E-state index in [0.717, 1.165) is 16.7 Å². The third kappa shape index (κ3) is 5.28. The Morgan fingerprint density at radius 2 is 1.61 bits per heavy atom. The molecule has 1 N–H and O–H groups in total. The van der Waals surface area contributed by atoms with Crippen molar-refractivity contribution in [3.63, 3.8) is 0 Å². The van der Waals surface area contributed by atoms with E-state index in [4.69, 9.17) is 23.5 Å². The van der Waals surface area contributed by atoms with Crippen LogP contribution in [-0.2, 0) is 4.79 Å². The monoisotopic (exact) mass is 452 g/mol. The van der Waals surface area contributed by atoms with Crippen molar-refractivity contribution >= 4 is 11.6 Å². The van der Waals surface area contributed by atoms with Crippen LogP contribution in [0.15, 0.2) is 53.2 Å². The Balaban J connectivity index is 2.01. The fourth-order valence-corrected chi connectivity index (χ4v) is 3.38. The average Bonchev–Trinajstić information content (AvgIpc) is 3.31. The molecule has 3 aromatic rings. The van der Waals surface area contributed by atoms with Crippen molar-refractivity contribution in [1.29, 1.82) is 0 Å². The largest absolute Gasteiger partial charge is 0.495 e. The van der Waals surface area contributed by atoms with Crippen LogP contribution in [0.4, 0.5) is 5.69 Å². The van der Waals surface area contributed by atoms with Crippen molar-refractivity contribution in [2.45, 2.75) is 19.8 Å². The Morgan fingerprint density at radius 1 is 0.939 bits per heavy atom. The molecule has 1 heterocycles. The number of anilines is 1. The van der Waals surface area contributed by atoms with E-state index in [1.807, 2.05) is 19.1 Å². The van der Waals surface area contributed by atoms with E-state index >= 15 is 0 Å². The number of carbonyl (C=O) groups excluding carboxylic acids is 1. The molecule has 0 atom stereocenters. The molecule has 1 aromatic heterocycles. The van der Waals surface area contributed by atoms with Crippen LogP contribution in [0.2, 0.25) is 0 Å². The van der Waals surface area contributed by atoms with E-state index in [0.29, 0.717) is 52.9 Å². The summed E-state index contributed by atoms with van der Waals surface area (Å²) in [5.74, 6) is 2.41. The van der Waals surface area contributed by atoms with Crippen molar-refractivity contribution in [1.82, 2.24) is 5.16 Å². The number of hydrogen-bond donors (Lipinski definition) is 1. The van der Waals surface area contributed by atoms with Crippen LogP contribution in [0.25, 0.3) is 22.5 Å². The van der Waals surface area contributed by atoms with Crippen LogP contribution in [0.5, 0.6) is 23.0 Å². The molecule has 33 heavy (non-hydrogen) atoms. The minimum Gasteiger partial charge on any atom is -0.495 e. The zero-order valence-corrected chi connectivity index (χ0v) is 19.5. The number of methoxy groups -OCH3 is 4. The van der Waals surface area contributed by atoms with E-state index in [-0.39, 0.29) is 5.91 Å². The quantitative estimate of drug-likeness (QED) is 0.415. The first-order valence-electron chi connectivity index (χ1n) is 10.3. The van der Waals surface area contributed by atoms with Crippen molar-refractivity contribution in [2.24, 2.45) is 0 Å². The highest BCUT2D eigenvalue weighted by Crippen LogP contribution is 2.44. The topological polar surface area (TPSA) is 92.1 Å².